The molecule has 0 aromatic carbocycles. The van der Waals surface area contributed by atoms with Crippen LogP contribution in [0.25, 0.3) is 0 Å². The van der Waals surface area contributed by atoms with Gasteiger partial charge in [0.2, 0.25) is 0 Å². The molecule has 19 heavy (non-hydrogen) atoms. The molecule has 1 atom stereocenters. The van der Waals surface area contributed by atoms with Gasteiger partial charge in [-0.25, -0.2) is 4.79 Å². The van der Waals surface area contributed by atoms with E-state index in [9.17, 15) is 27.6 Å². The van der Waals surface area contributed by atoms with Gasteiger partial charge in [0.25, 0.3) is 0 Å². The molecule has 9 heteroatoms. The number of allylic oxidation sites excluding steroid dienone is 2. The van der Waals surface area contributed by atoms with E-state index in [0.29, 0.717) is 0 Å². The Kier molecular flexibility index (Phi) is 6.76. The van der Waals surface area contributed by atoms with E-state index in [2.05, 4.69) is 9.57 Å². The topological polar surface area (TPSA) is 81.7 Å². The van der Waals surface area contributed by atoms with Crippen LogP contribution in [0.5, 0.6) is 0 Å². The largest absolute Gasteiger partial charge is 0.492 e. The number of carbonyl (C=O) groups is 3. The molecule has 0 aliphatic carbocycles. The molecular weight excluding hydrogens is 271 g/mol. The van der Waals surface area contributed by atoms with Crippen LogP contribution >= 0.6 is 0 Å². The van der Waals surface area contributed by atoms with Crippen LogP contribution < -0.4 is 5.48 Å². The van der Waals surface area contributed by atoms with E-state index in [1.54, 1.807) is 12.4 Å². The van der Waals surface area contributed by atoms with Crippen LogP contribution in [-0.2, 0) is 24.0 Å². The van der Waals surface area contributed by atoms with Gasteiger partial charge in [0, 0.05) is 6.42 Å². The maximum Gasteiger partial charge on any atom is 0.492 e. The summed E-state index contributed by atoms with van der Waals surface area (Å²) in [6, 6.07) is -1.51. The predicted molar refractivity (Wildman–Crippen MR) is 55.5 cm³/mol. The minimum absolute atomic E-state index is 0.512. The van der Waals surface area contributed by atoms with Gasteiger partial charge in [-0.3, -0.25) is 9.59 Å². The Morgan fingerprint density at radius 3 is 2.32 bits per heavy atom. The first kappa shape index (κ1) is 17.1. The molecular formula is C10H12F3NO5. The standard InChI is InChI=1S/C10H12F3NO5/c1-3-4-6(15)5-7(8(16)18-2)14-19-9(17)10(11,12)13/h3-4,7,14H,5H2,1-2H3/b4-3+/t7-/m0/s1. The monoisotopic (exact) mass is 283 g/mol. The molecule has 0 amide bonds. The number of alkyl halides is 3. The summed E-state index contributed by atoms with van der Waals surface area (Å²) in [7, 11) is 0.975. The van der Waals surface area contributed by atoms with E-state index in [1.165, 1.54) is 6.08 Å². The van der Waals surface area contributed by atoms with Crippen LogP contribution in [0.3, 0.4) is 0 Å². The maximum absolute atomic E-state index is 11.9. The lowest BCUT2D eigenvalue weighted by atomic mass is 10.1. The van der Waals surface area contributed by atoms with Crippen molar-refractivity contribution in [1.82, 2.24) is 5.48 Å². The molecule has 0 unspecified atom stereocenters. The Balaban J connectivity index is 4.58. The number of hydroxylamine groups is 1. The predicted octanol–water partition coefficient (Wildman–Crippen LogP) is 0.673. The highest BCUT2D eigenvalue weighted by Gasteiger charge is 2.42. The van der Waals surface area contributed by atoms with Gasteiger partial charge in [0.15, 0.2) is 5.78 Å². The fraction of sp³-hybridized carbons (Fsp3) is 0.500. The average molecular weight is 283 g/mol. The number of methoxy groups -OCH3 is 1. The number of hydrogen-bond acceptors (Lipinski definition) is 6. The van der Waals surface area contributed by atoms with E-state index in [4.69, 9.17) is 0 Å². The zero-order valence-corrected chi connectivity index (χ0v) is 10.1. The van der Waals surface area contributed by atoms with Crippen LogP contribution in [0, 0.1) is 0 Å². The summed E-state index contributed by atoms with van der Waals surface area (Å²) >= 11 is 0. The van der Waals surface area contributed by atoms with Gasteiger partial charge in [0.1, 0.15) is 6.04 Å². The third-order valence-corrected chi connectivity index (χ3v) is 1.77. The molecule has 0 fully saturated rings. The van der Waals surface area contributed by atoms with Crippen LogP contribution in [0.2, 0.25) is 0 Å². The fourth-order valence-corrected chi connectivity index (χ4v) is 0.953. The van der Waals surface area contributed by atoms with Crippen molar-refractivity contribution in [3.63, 3.8) is 0 Å². The smallest absolute Gasteiger partial charge is 0.468 e. The van der Waals surface area contributed by atoms with Gasteiger partial charge >= 0.3 is 18.1 Å². The second-order valence-corrected chi connectivity index (χ2v) is 3.25. The van der Waals surface area contributed by atoms with Gasteiger partial charge in [-0.15, -0.1) is 5.48 Å². The minimum atomic E-state index is -5.21. The molecule has 0 spiro atoms. The van der Waals surface area contributed by atoms with E-state index in [1.807, 2.05) is 0 Å². The lowest BCUT2D eigenvalue weighted by Crippen LogP contribution is -2.43. The van der Waals surface area contributed by atoms with Crippen LogP contribution in [-0.4, -0.2) is 37.0 Å². The third-order valence-electron chi connectivity index (χ3n) is 1.77. The van der Waals surface area contributed by atoms with Crippen molar-refractivity contribution in [1.29, 1.82) is 0 Å². The molecule has 0 heterocycles. The molecule has 6 nitrogen and oxygen atoms in total. The maximum atomic E-state index is 11.9. The molecule has 0 bridgehead atoms. The van der Waals surface area contributed by atoms with Crippen LogP contribution in [0.4, 0.5) is 13.2 Å². The molecule has 0 aromatic rings. The first-order valence-electron chi connectivity index (χ1n) is 4.99. The molecule has 0 rings (SSSR count). The van der Waals surface area contributed by atoms with Gasteiger partial charge in [-0.1, -0.05) is 6.08 Å². The van der Waals surface area contributed by atoms with E-state index in [-0.39, 0.29) is 0 Å². The number of carbonyl (C=O) groups excluding carboxylic acids is 3. The number of rotatable bonds is 6. The van der Waals surface area contributed by atoms with Gasteiger partial charge in [0.05, 0.1) is 7.11 Å². The summed E-state index contributed by atoms with van der Waals surface area (Å²) in [5.41, 5.74) is 1.57. The van der Waals surface area contributed by atoms with E-state index < -0.39 is 36.4 Å². The van der Waals surface area contributed by atoms with Crippen molar-refractivity contribution in [3.05, 3.63) is 12.2 Å². The van der Waals surface area contributed by atoms with Crippen molar-refractivity contribution >= 4 is 17.7 Å². The number of halogens is 3. The van der Waals surface area contributed by atoms with Crippen molar-refractivity contribution in [3.8, 4) is 0 Å². The zero-order chi connectivity index (χ0) is 15.1. The van der Waals surface area contributed by atoms with Crippen molar-refractivity contribution in [2.45, 2.75) is 25.6 Å². The Morgan fingerprint density at radius 1 is 1.32 bits per heavy atom. The first-order chi connectivity index (χ1) is 8.72. The Hall–Kier alpha value is -1.90. The van der Waals surface area contributed by atoms with E-state index in [0.717, 1.165) is 13.2 Å². The molecule has 108 valence electrons. The second-order valence-electron chi connectivity index (χ2n) is 3.25. The quantitative estimate of drug-likeness (QED) is 0.438. The highest BCUT2D eigenvalue weighted by Crippen LogP contribution is 2.15. The van der Waals surface area contributed by atoms with Crippen molar-refractivity contribution < 1.29 is 37.1 Å². The van der Waals surface area contributed by atoms with Crippen molar-refractivity contribution in [2.75, 3.05) is 7.11 Å². The Morgan fingerprint density at radius 2 is 1.89 bits per heavy atom. The number of ether oxygens (including phenoxy) is 1. The number of nitrogens with one attached hydrogen (secondary N) is 1. The average Bonchev–Trinajstić information content (AvgIpc) is 2.32. The van der Waals surface area contributed by atoms with Crippen LogP contribution in [0.1, 0.15) is 13.3 Å². The molecule has 0 aliphatic rings. The summed E-state index contributed by atoms with van der Waals surface area (Å²) in [4.78, 5) is 36.5. The van der Waals surface area contributed by atoms with Gasteiger partial charge in [-0.2, -0.15) is 13.2 Å². The molecule has 0 aliphatic heterocycles. The van der Waals surface area contributed by atoms with Crippen LogP contribution in [0.15, 0.2) is 12.2 Å². The Labute approximate surface area is 106 Å². The third kappa shape index (κ3) is 6.55. The van der Waals surface area contributed by atoms with Gasteiger partial charge in [-0.05, 0) is 13.0 Å². The summed E-state index contributed by atoms with van der Waals surface area (Å²) in [6.45, 7) is 1.54. The zero-order valence-electron chi connectivity index (χ0n) is 10.1. The summed E-state index contributed by atoms with van der Waals surface area (Å²) < 4.78 is 39.8. The number of ketones is 1. The molecule has 0 radical (unpaired) electrons. The minimum Gasteiger partial charge on any atom is -0.468 e. The summed E-state index contributed by atoms with van der Waals surface area (Å²) in [5.74, 6) is -4.11. The molecule has 0 aromatic heterocycles. The highest BCUT2D eigenvalue weighted by molar-refractivity contribution is 5.93. The summed E-state index contributed by atoms with van der Waals surface area (Å²) in [6.07, 6.45) is -3.22. The van der Waals surface area contributed by atoms with E-state index >= 15 is 0 Å². The number of esters is 1. The molecule has 0 saturated heterocycles. The van der Waals surface area contributed by atoms with Gasteiger partial charge < -0.3 is 9.57 Å². The lowest BCUT2D eigenvalue weighted by Gasteiger charge is -2.15. The molecule has 0 saturated carbocycles. The lowest BCUT2D eigenvalue weighted by molar-refractivity contribution is -0.209. The number of hydrogen-bond donors (Lipinski definition) is 1. The normalized spacial score (nSPS) is 13.1. The Bertz CT molecular complexity index is 378. The molecule has 1 N–H and O–H groups in total. The SMILES string of the molecule is C/C=C/C(=O)C[C@H](NOC(=O)C(F)(F)F)C(=O)OC. The summed E-state index contributed by atoms with van der Waals surface area (Å²) in [5, 5.41) is 0. The fourth-order valence-electron chi connectivity index (χ4n) is 0.953. The van der Waals surface area contributed by atoms with Crippen molar-refractivity contribution in [2.24, 2.45) is 0 Å². The second kappa shape index (κ2) is 7.52. The first-order valence-corrected chi connectivity index (χ1v) is 4.99. The highest BCUT2D eigenvalue weighted by atomic mass is 19.4.